The minimum absolute atomic E-state index is 0.270. The van der Waals surface area contributed by atoms with Crippen LogP contribution in [0.4, 0.5) is 0 Å². The summed E-state index contributed by atoms with van der Waals surface area (Å²) in [6.45, 7) is 4.45. The molecule has 3 atom stereocenters. The summed E-state index contributed by atoms with van der Waals surface area (Å²) in [4.78, 5) is 4.50. The predicted octanol–water partition coefficient (Wildman–Crippen LogP) is 2.48. The van der Waals surface area contributed by atoms with Crippen molar-refractivity contribution >= 4 is 0 Å². The minimum atomic E-state index is 0.270. The summed E-state index contributed by atoms with van der Waals surface area (Å²) in [6, 6.07) is 4.48. The molecule has 15 heavy (non-hydrogen) atoms. The molecule has 0 aromatic carbocycles. The molecule has 2 N–H and O–H groups in total. The van der Waals surface area contributed by atoms with E-state index in [2.05, 4.69) is 24.9 Å². The van der Waals surface area contributed by atoms with Gasteiger partial charge in [-0.15, -0.1) is 0 Å². The van der Waals surface area contributed by atoms with Crippen LogP contribution in [0.3, 0.4) is 0 Å². The molecule has 1 heterocycles. The summed E-state index contributed by atoms with van der Waals surface area (Å²) in [5.41, 5.74) is 8.97. The van der Waals surface area contributed by atoms with Gasteiger partial charge < -0.3 is 5.73 Å². The van der Waals surface area contributed by atoms with Crippen LogP contribution in [-0.2, 0) is 6.42 Å². The van der Waals surface area contributed by atoms with E-state index >= 15 is 0 Å². The van der Waals surface area contributed by atoms with Gasteiger partial charge in [-0.2, -0.15) is 0 Å². The molecule has 0 bridgehead atoms. The van der Waals surface area contributed by atoms with Crippen molar-refractivity contribution in [1.29, 1.82) is 0 Å². The first kappa shape index (κ1) is 10.6. The van der Waals surface area contributed by atoms with Gasteiger partial charge in [0.25, 0.3) is 0 Å². The van der Waals surface area contributed by atoms with Gasteiger partial charge >= 0.3 is 0 Å². The van der Waals surface area contributed by atoms with E-state index in [0.29, 0.717) is 11.8 Å². The van der Waals surface area contributed by atoms with Gasteiger partial charge in [0.05, 0.1) is 0 Å². The third-order valence-electron chi connectivity index (χ3n) is 3.77. The van der Waals surface area contributed by atoms with Gasteiger partial charge in [0.1, 0.15) is 0 Å². The summed E-state index contributed by atoms with van der Waals surface area (Å²) in [5, 5.41) is 0. The van der Waals surface area contributed by atoms with Crippen LogP contribution in [0.15, 0.2) is 18.3 Å². The minimum Gasteiger partial charge on any atom is -0.327 e. The van der Waals surface area contributed by atoms with Crippen molar-refractivity contribution in [2.45, 2.75) is 45.1 Å². The Morgan fingerprint density at radius 3 is 3.13 bits per heavy atom. The fourth-order valence-corrected chi connectivity index (χ4v) is 2.49. The van der Waals surface area contributed by atoms with E-state index in [-0.39, 0.29) is 6.04 Å². The van der Waals surface area contributed by atoms with Crippen molar-refractivity contribution in [1.82, 2.24) is 4.98 Å². The molecule has 1 aromatic heterocycles. The molecular weight excluding hydrogens is 184 g/mol. The van der Waals surface area contributed by atoms with E-state index in [1.165, 1.54) is 17.7 Å². The molecule has 0 saturated carbocycles. The smallest absolute Gasteiger partial charge is 0.0482 e. The molecule has 82 valence electrons. The van der Waals surface area contributed by atoms with E-state index in [0.717, 1.165) is 12.8 Å². The lowest BCUT2D eigenvalue weighted by molar-refractivity contribution is 0.376. The molecule has 3 unspecified atom stereocenters. The van der Waals surface area contributed by atoms with Crippen LogP contribution in [0.2, 0.25) is 0 Å². The third kappa shape index (κ3) is 1.91. The molecule has 0 aliphatic heterocycles. The Hall–Kier alpha value is -0.890. The summed E-state index contributed by atoms with van der Waals surface area (Å²) >= 11 is 0. The first-order valence-electron chi connectivity index (χ1n) is 5.93. The largest absolute Gasteiger partial charge is 0.327 e. The summed E-state index contributed by atoms with van der Waals surface area (Å²) in [5.74, 6) is 1.07. The van der Waals surface area contributed by atoms with Crippen molar-refractivity contribution in [2.75, 3.05) is 0 Å². The Labute approximate surface area is 91.9 Å². The van der Waals surface area contributed by atoms with Crippen LogP contribution in [-0.4, -0.2) is 11.0 Å². The zero-order chi connectivity index (χ0) is 10.8. The van der Waals surface area contributed by atoms with Crippen LogP contribution < -0.4 is 5.73 Å². The van der Waals surface area contributed by atoms with Crippen LogP contribution >= 0.6 is 0 Å². The van der Waals surface area contributed by atoms with Crippen LogP contribution in [0.1, 0.15) is 43.9 Å². The topological polar surface area (TPSA) is 38.9 Å². The molecule has 1 aliphatic carbocycles. The Morgan fingerprint density at radius 1 is 1.60 bits per heavy atom. The zero-order valence-corrected chi connectivity index (χ0v) is 9.61. The first-order valence-corrected chi connectivity index (χ1v) is 5.93. The van der Waals surface area contributed by atoms with E-state index in [1.807, 2.05) is 12.3 Å². The Kier molecular flexibility index (Phi) is 3.06. The lowest BCUT2D eigenvalue weighted by atomic mass is 9.87. The van der Waals surface area contributed by atoms with Gasteiger partial charge in [0.15, 0.2) is 0 Å². The monoisotopic (exact) mass is 204 g/mol. The normalized spacial score (nSPS) is 23.5. The highest BCUT2D eigenvalue weighted by Crippen LogP contribution is 2.35. The number of nitrogens with zero attached hydrogens (tertiary/aromatic N) is 1. The molecule has 1 aliphatic rings. The standard InChI is InChI=1S/C13H20N2/c1-3-9(2)12(14)11-7-6-10-5-4-8-15-13(10)11/h4-5,8-9,11-12H,3,6-7,14H2,1-2H3. The van der Waals surface area contributed by atoms with Crippen molar-refractivity contribution in [2.24, 2.45) is 11.7 Å². The van der Waals surface area contributed by atoms with Crippen LogP contribution in [0, 0.1) is 5.92 Å². The maximum absolute atomic E-state index is 6.31. The number of nitrogens with two attached hydrogens (primary N) is 1. The van der Waals surface area contributed by atoms with Crippen molar-refractivity contribution in [3.05, 3.63) is 29.6 Å². The van der Waals surface area contributed by atoms with Gasteiger partial charge in [-0.1, -0.05) is 26.3 Å². The maximum Gasteiger partial charge on any atom is 0.0482 e. The molecule has 2 heteroatoms. The van der Waals surface area contributed by atoms with Crippen LogP contribution in [0.5, 0.6) is 0 Å². The summed E-state index contributed by atoms with van der Waals surface area (Å²) in [6.07, 6.45) is 5.37. The van der Waals surface area contributed by atoms with Crippen molar-refractivity contribution in [3.63, 3.8) is 0 Å². The summed E-state index contributed by atoms with van der Waals surface area (Å²) < 4.78 is 0. The molecular formula is C13H20N2. The lowest BCUT2D eigenvalue weighted by Gasteiger charge is -2.24. The van der Waals surface area contributed by atoms with Crippen LogP contribution in [0.25, 0.3) is 0 Å². The predicted molar refractivity (Wildman–Crippen MR) is 62.7 cm³/mol. The average molecular weight is 204 g/mol. The number of aromatic nitrogens is 1. The molecule has 2 nitrogen and oxygen atoms in total. The number of pyridine rings is 1. The average Bonchev–Trinajstić information content (AvgIpc) is 2.70. The molecule has 2 rings (SSSR count). The Bertz CT molecular complexity index is 335. The number of hydrogen-bond donors (Lipinski definition) is 1. The van der Waals surface area contributed by atoms with Crippen molar-refractivity contribution in [3.8, 4) is 0 Å². The fraction of sp³-hybridized carbons (Fsp3) is 0.615. The van der Waals surface area contributed by atoms with Crippen molar-refractivity contribution < 1.29 is 0 Å². The molecule has 0 saturated heterocycles. The second-order valence-electron chi connectivity index (χ2n) is 4.66. The lowest BCUT2D eigenvalue weighted by Crippen LogP contribution is -2.34. The second kappa shape index (κ2) is 4.31. The molecule has 0 amide bonds. The van der Waals surface area contributed by atoms with E-state index in [4.69, 9.17) is 5.73 Å². The fourth-order valence-electron chi connectivity index (χ4n) is 2.49. The number of aryl methyl sites for hydroxylation is 1. The van der Waals surface area contributed by atoms with Gasteiger partial charge in [0, 0.05) is 23.9 Å². The quantitative estimate of drug-likeness (QED) is 0.821. The highest BCUT2D eigenvalue weighted by atomic mass is 14.8. The molecule has 0 radical (unpaired) electrons. The van der Waals surface area contributed by atoms with E-state index in [1.54, 1.807) is 0 Å². The first-order chi connectivity index (χ1) is 7.24. The van der Waals surface area contributed by atoms with Gasteiger partial charge in [-0.25, -0.2) is 0 Å². The molecule has 0 fully saturated rings. The molecule has 0 spiro atoms. The van der Waals surface area contributed by atoms with E-state index < -0.39 is 0 Å². The number of rotatable bonds is 3. The number of fused-ring (bicyclic) bond motifs is 1. The Morgan fingerprint density at radius 2 is 2.40 bits per heavy atom. The molecule has 1 aromatic rings. The Balaban J connectivity index is 2.20. The summed E-state index contributed by atoms with van der Waals surface area (Å²) in [7, 11) is 0. The van der Waals surface area contributed by atoms with Gasteiger partial charge in [-0.05, 0) is 30.4 Å². The van der Waals surface area contributed by atoms with E-state index in [9.17, 15) is 0 Å². The van der Waals surface area contributed by atoms with Gasteiger partial charge in [0.2, 0.25) is 0 Å². The second-order valence-corrected chi connectivity index (χ2v) is 4.66. The zero-order valence-electron chi connectivity index (χ0n) is 9.61. The highest BCUT2D eigenvalue weighted by Gasteiger charge is 2.30. The third-order valence-corrected chi connectivity index (χ3v) is 3.77. The maximum atomic E-state index is 6.31. The SMILES string of the molecule is CCC(C)C(N)C1CCc2cccnc21. The number of hydrogen-bond acceptors (Lipinski definition) is 2. The highest BCUT2D eigenvalue weighted by molar-refractivity contribution is 5.29. The van der Waals surface area contributed by atoms with Gasteiger partial charge in [-0.3, -0.25) is 4.98 Å².